The molecule has 0 spiro atoms. The summed E-state index contributed by atoms with van der Waals surface area (Å²) in [5, 5.41) is 3.44. The van der Waals surface area contributed by atoms with Crippen LogP contribution >= 0.6 is 35.3 Å². The summed E-state index contributed by atoms with van der Waals surface area (Å²) in [6.07, 6.45) is 0. The van der Waals surface area contributed by atoms with Crippen LogP contribution in [0.4, 0.5) is 0 Å². The predicted octanol–water partition coefficient (Wildman–Crippen LogP) is 27.2. The van der Waals surface area contributed by atoms with Gasteiger partial charge >= 0.3 is 0 Å². The van der Waals surface area contributed by atoms with Gasteiger partial charge in [0.2, 0.25) is 0 Å². The van der Waals surface area contributed by atoms with Gasteiger partial charge in [0.1, 0.15) is 34.5 Å². The van der Waals surface area contributed by atoms with Crippen LogP contribution in [-0.4, -0.2) is 159 Å². The second-order valence-electron chi connectivity index (χ2n) is 43.4. The van der Waals surface area contributed by atoms with Crippen molar-refractivity contribution in [3.05, 3.63) is 109 Å². The summed E-state index contributed by atoms with van der Waals surface area (Å²) in [6, 6.07) is 0. The maximum atomic E-state index is 5.87. The zero-order chi connectivity index (χ0) is 92.3. The van der Waals surface area contributed by atoms with Gasteiger partial charge in [-0.2, -0.15) is 0 Å². The Kier molecular flexibility index (Phi) is 32.6. The molecular formula is C97H174N12O3S3. The second kappa shape index (κ2) is 34.7. The molecule has 0 radical (unpaired) electrons. The lowest BCUT2D eigenvalue weighted by Gasteiger charge is -2.60. The Morgan fingerprint density at radius 3 is 1.06 bits per heavy atom. The van der Waals surface area contributed by atoms with Crippen molar-refractivity contribution in [2.24, 2.45) is 83.7 Å². The molecule has 2 fully saturated rings. The van der Waals surface area contributed by atoms with Crippen molar-refractivity contribution in [2.75, 3.05) is 35.2 Å². The van der Waals surface area contributed by atoms with Crippen molar-refractivity contribution in [1.29, 1.82) is 0 Å². The average Bonchev–Trinajstić information content (AvgIpc) is 0.727. The van der Waals surface area contributed by atoms with E-state index in [2.05, 4.69) is 410 Å². The summed E-state index contributed by atoms with van der Waals surface area (Å²) in [5.74, 6) is 6.14. The Hall–Kier alpha value is -5.20. The fourth-order valence-electron chi connectivity index (χ4n) is 13.5. The number of amidine groups is 3. The molecule has 0 aromatic rings. The molecule has 15 nitrogen and oxygen atoms in total. The minimum atomic E-state index is -0.212. The number of allylic oxidation sites excluding steroid dienone is 1. The summed E-state index contributed by atoms with van der Waals surface area (Å²) < 4.78 is 17.3. The van der Waals surface area contributed by atoms with Gasteiger partial charge in [-0.1, -0.05) is 189 Å². The summed E-state index contributed by atoms with van der Waals surface area (Å²) in [7, 11) is 10.3. The molecule has 0 atom stereocenters. The molecule has 0 amide bonds. The van der Waals surface area contributed by atoms with Gasteiger partial charge in [0.05, 0.1) is 37.3 Å². The van der Waals surface area contributed by atoms with Crippen LogP contribution in [0.15, 0.2) is 144 Å². The minimum absolute atomic E-state index is 0.0145. The number of ether oxygens (including phenoxy) is 3. The average molecular weight is 1650 g/mol. The number of hydrogen-bond donors (Lipinski definition) is 0. The quantitative estimate of drug-likeness (QED) is 0.230. The highest BCUT2D eigenvalue weighted by Crippen LogP contribution is 2.59. The lowest BCUT2D eigenvalue weighted by Crippen LogP contribution is -2.65. The van der Waals surface area contributed by atoms with Crippen LogP contribution in [0.25, 0.3) is 0 Å². The van der Waals surface area contributed by atoms with Gasteiger partial charge < -0.3 is 38.7 Å². The lowest BCUT2D eigenvalue weighted by atomic mass is 9.63. The minimum Gasteiger partial charge on any atom is -0.474 e. The molecule has 0 aromatic heterocycles. The number of aliphatic imine (C=N–C) groups is 7. The third-order valence-corrected chi connectivity index (χ3v) is 36.1. The number of nitrogens with zero attached hydrogens (tertiary/aromatic N) is 12. The van der Waals surface area contributed by atoms with Crippen molar-refractivity contribution in [1.82, 2.24) is 24.5 Å². The highest BCUT2D eigenvalue weighted by molar-refractivity contribution is 8.17. The van der Waals surface area contributed by atoms with Crippen molar-refractivity contribution in [3.8, 4) is 0 Å². The molecule has 658 valence electrons. The normalized spacial score (nSPS) is 26.8. The van der Waals surface area contributed by atoms with Gasteiger partial charge in [0.25, 0.3) is 0 Å². The van der Waals surface area contributed by atoms with Crippen LogP contribution in [-0.2, 0) is 14.2 Å². The van der Waals surface area contributed by atoms with E-state index in [1.165, 1.54) is 9.93 Å². The largest absolute Gasteiger partial charge is 0.474 e. The lowest BCUT2D eigenvalue weighted by molar-refractivity contribution is -0.195. The summed E-state index contributed by atoms with van der Waals surface area (Å²) >= 11 is 5.44. The molecule has 18 heteroatoms. The SMILES string of the molecule is C=C1N(C)C(C)=NC(C)(C)C1(C)C.C=C1N(C)C(C)=NC(C)(C)C1(C)C.C=C1N=C(C)N(C)C(C)(C)C1(C)C.C=C1N=C(C)OC(C)(C)C1(C)C.C=C1N=C(C)SC(C)(C)C1(C)C.C=C1OC(C)(C)C(C)(C)C(C)(C)N1C.C=C1OC(C)=NC(C)(C)C1(C)C.C=C1SC(C)(C)C(C)(C)C(C)(C)N1C.C=C1SC(C)=NC(C)(C)C1(C)C. The maximum Gasteiger partial charge on any atom is 0.187 e. The summed E-state index contributed by atoms with van der Waals surface area (Å²) in [6.45, 7) is 138. The molecule has 9 aliphatic heterocycles. The van der Waals surface area contributed by atoms with Gasteiger partial charge in [-0.3, -0.25) is 20.0 Å². The molecule has 0 saturated carbocycles. The first-order chi connectivity index (χ1) is 50.3. The Labute approximate surface area is 721 Å². The molecule has 0 N–H and O–H groups in total. The van der Waals surface area contributed by atoms with Crippen molar-refractivity contribution < 1.29 is 14.2 Å². The molecule has 0 unspecified atom stereocenters. The number of hydrogen-bond acceptors (Lipinski definition) is 18. The highest BCUT2D eigenvalue weighted by atomic mass is 32.2. The molecule has 2 saturated heterocycles. The number of rotatable bonds is 0. The first-order valence-electron chi connectivity index (χ1n) is 41.2. The van der Waals surface area contributed by atoms with E-state index in [1.807, 2.05) is 93.1 Å². The van der Waals surface area contributed by atoms with Crippen LogP contribution in [0, 0.1) is 48.7 Å². The molecule has 9 aliphatic rings. The van der Waals surface area contributed by atoms with Crippen LogP contribution in [0.1, 0.15) is 325 Å². The maximum absolute atomic E-state index is 5.87. The molecular weight excluding hydrogens is 1480 g/mol. The monoisotopic (exact) mass is 1650 g/mol. The van der Waals surface area contributed by atoms with E-state index in [9.17, 15) is 0 Å². The summed E-state index contributed by atoms with van der Waals surface area (Å²) in [4.78, 5) is 43.6. The predicted molar refractivity (Wildman–Crippen MR) is 518 cm³/mol. The van der Waals surface area contributed by atoms with E-state index in [-0.39, 0.29) is 108 Å². The molecule has 9 rings (SSSR count). The van der Waals surface area contributed by atoms with E-state index in [0.717, 1.165) is 67.7 Å². The van der Waals surface area contributed by atoms with Gasteiger partial charge in [-0.25, -0.2) is 15.0 Å². The first kappa shape index (κ1) is 108. The van der Waals surface area contributed by atoms with Crippen LogP contribution in [0.5, 0.6) is 0 Å². The molecule has 115 heavy (non-hydrogen) atoms. The van der Waals surface area contributed by atoms with Crippen LogP contribution in [0.3, 0.4) is 0 Å². The first-order valence-corrected chi connectivity index (χ1v) is 43.7. The van der Waals surface area contributed by atoms with E-state index < -0.39 is 0 Å². The molecule has 0 bridgehead atoms. The Morgan fingerprint density at radius 1 is 0.304 bits per heavy atom. The van der Waals surface area contributed by atoms with E-state index in [1.54, 1.807) is 11.8 Å². The van der Waals surface area contributed by atoms with Crippen molar-refractivity contribution >= 4 is 74.7 Å². The van der Waals surface area contributed by atoms with Crippen LogP contribution in [0.2, 0.25) is 0 Å². The summed E-state index contributed by atoms with van der Waals surface area (Å²) in [5.41, 5.74) is 5.22. The van der Waals surface area contributed by atoms with Crippen molar-refractivity contribution in [3.63, 3.8) is 0 Å². The Bertz CT molecular complexity index is 3710. The Balaban J connectivity index is 0.000000647. The van der Waals surface area contributed by atoms with Gasteiger partial charge in [0.15, 0.2) is 17.7 Å². The fourth-order valence-corrected chi connectivity index (χ4v) is 17.3. The standard InChI is InChI=1S/C12H23NO.C12H23NS.3C11H20N2.2C10H17NO.2C10H17NS/c2*1-9-13(8)11(4,5)10(2,3)12(6,7)14-9;2*1-8-10(3,4)11(5,6)12-9(2)13(8)7;1-8-10(3,4)11(5,6)13(7)9(2)12-8;1-7-9(3,4)10(5,6)11-8(2)12-7;1-7-9(3,4)10(5,6)12-8(2)11-7;1-7-9(3,4)10(5,6)11-8(2)12-7;1-7-9(3,4)10(5,6)12-8(2)11-7/h2*1H2,2-8H3;3*1H2,2-7H3;4*1H2,2-6H3. The molecule has 0 aromatic carbocycles. The zero-order valence-electron chi connectivity index (χ0n) is 84.2. The third-order valence-electron chi connectivity index (χ3n) is 32.0. The van der Waals surface area contributed by atoms with Crippen LogP contribution < -0.4 is 0 Å². The highest BCUT2D eigenvalue weighted by Gasteiger charge is 2.58. The third kappa shape index (κ3) is 21.2. The molecule has 9 heterocycles. The van der Waals surface area contributed by atoms with Gasteiger partial charge in [-0.05, 0) is 198 Å². The Morgan fingerprint density at radius 2 is 0.678 bits per heavy atom. The number of thioether (sulfide) groups is 3. The van der Waals surface area contributed by atoms with Crippen molar-refractivity contribution in [2.45, 2.75) is 385 Å². The second-order valence-corrected chi connectivity index (χ2v) is 48.2. The smallest absolute Gasteiger partial charge is 0.187 e. The van der Waals surface area contributed by atoms with Gasteiger partial charge in [-0.15, -0.1) is 23.5 Å². The topological polar surface area (TPSA) is 130 Å². The zero-order valence-corrected chi connectivity index (χ0v) is 86.6. The molecule has 0 aliphatic carbocycles. The van der Waals surface area contributed by atoms with Gasteiger partial charge in [0, 0.05) is 152 Å². The van der Waals surface area contributed by atoms with E-state index in [4.69, 9.17) is 14.2 Å². The fraction of sp³-hybridized carbons (Fsp3) is 0.742. The van der Waals surface area contributed by atoms with E-state index >= 15 is 0 Å². The van der Waals surface area contributed by atoms with E-state index in [0.29, 0.717) is 11.8 Å².